The lowest BCUT2D eigenvalue weighted by atomic mass is 9.94. The summed E-state index contributed by atoms with van der Waals surface area (Å²) in [5.41, 5.74) is 0. The highest BCUT2D eigenvalue weighted by atomic mass is 16.5. The van der Waals surface area contributed by atoms with Crippen LogP contribution in [0.4, 0.5) is 0 Å². The number of hydrogen-bond acceptors (Lipinski definition) is 1. The van der Waals surface area contributed by atoms with E-state index >= 15 is 0 Å². The van der Waals surface area contributed by atoms with Gasteiger partial charge in [-0.2, -0.15) is 0 Å². The van der Waals surface area contributed by atoms with Gasteiger partial charge in [-0.1, -0.05) is 0 Å². The maximum absolute atomic E-state index is 5.69. The van der Waals surface area contributed by atoms with Gasteiger partial charge in [0.25, 0.3) is 0 Å². The zero-order valence-corrected chi connectivity index (χ0v) is 5.29. The van der Waals surface area contributed by atoms with E-state index in [-0.39, 0.29) is 0 Å². The smallest absolute Gasteiger partial charge is 0.0666 e. The summed E-state index contributed by atoms with van der Waals surface area (Å²) >= 11 is 0. The lowest BCUT2D eigenvalue weighted by molar-refractivity contribution is -0.126. The molecular formula is C8H10O. The largest absolute Gasteiger partial charge is 0.374 e. The summed E-state index contributed by atoms with van der Waals surface area (Å²) in [6.45, 7) is 0. The summed E-state index contributed by atoms with van der Waals surface area (Å²) in [5.74, 6) is 4.23. The topological polar surface area (TPSA) is 9.23 Å². The molecule has 4 unspecified atom stereocenters. The molecule has 9 heavy (non-hydrogen) atoms. The number of ether oxygens (including phenoxy) is 1. The van der Waals surface area contributed by atoms with Crippen molar-refractivity contribution in [1.29, 1.82) is 0 Å². The van der Waals surface area contributed by atoms with Crippen molar-refractivity contribution in [3.05, 3.63) is 0 Å². The Morgan fingerprint density at radius 3 is 2.00 bits per heavy atom. The average molecular weight is 122 g/mol. The predicted molar refractivity (Wildman–Crippen MR) is 31.9 cm³/mol. The Hall–Kier alpha value is -0.0400. The molecule has 0 aromatic rings. The van der Waals surface area contributed by atoms with Gasteiger partial charge in [-0.25, -0.2) is 0 Å². The first-order valence-corrected chi connectivity index (χ1v) is 4.10. The zero-order valence-electron chi connectivity index (χ0n) is 5.29. The Kier molecular flexibility index (Phi) is 0.387. The van der Waals surface area contributed by atoms with Crippen molar-refractivity contribution in [3.8, 4) is 0 Å². The van der Waals surface area contributed by atoms with E-state index in [9.17, 15) is 0 Å². The van der Waals surface area contributed by atoms with Crippen LogP contribution in [0.1, 0.15) is 12.8 Å². The van der Waals surface area contributed by atoms with Crippen LogP contribution in [0.25, 0.3) is 0 Å². The van der Waals surface area contributed by atoms with Crippen molar-refractivity contribution < 1.29 is 4.74 Å². The molecular weight excluding hydrogens is 112 g/mol. The third kappa shape index (κ3) is 0.219. The molecule has 0 aromatic carbocycles. The lowest BCUT2D eigenvalue weighted by Gasteiger charge is -2.33. The van der Waals surface area contributed by atoms with Crippen molar-refractivity contribution in [3.63, 3.8) is 0 Å². The fourth-order valence-corrected chi connectivity index (χ4v) is 3.98. The van der Waals surface area contributed by atoms with Gasteiger partial charge < -0.3 is 4.74 Å². The molecule has 5 fully saturated rings. The molecule has 1 saturated heterocycles. The third-order valence-corrected chi connectivity index (χ3v) is 4.16. The Morgan fingerprint density at radius 1 is 1.00 bits per heavy atom. The lowest BCUT2D eigenvalue weighted by Crippen LogP contribution is -2.39. The summed E-state index contributed by atoms with van der Waals surface area (Å²) < 4.78 is 5.69. The van der Waals surface area contributed by atoms with Crippen LogP contribution >= 0.6 is 0 Å². The monoisotopic (exact) mass is 122 g/mol. The number of rotatable bonds is 0. The van der Waals surface area contributed by atoms with E-state index in [2.05, 4.69) is 0 Å². The van der Waals surface area contributed by atoms with E-state index in [1.54, 1.807) is 0 Å². The van der Waals surface area contributed by atoms with Gasteiger partial charge in [0.15, 0.2) is 0 Å². The maximum atomic E-state index is 5.69. The Morgan fingerprint density at radius 2 is 1.67 bits per heavy atom. The first kappa shape index (κ1) is 3.97. The second-order valence-electron chi connectivity index (χ2n) is 4.20. The molecule has 0 aromatic heterocycles. The minimum atomic E-state index is 0.763. The second kappa shape index (κ2) is 0.878. The predicted octanol–water partition coefficient (Wildman–Crippen LogP) is 1.04. The molecule has 0 radical (unpaired) electrons. The van der Waals surface area contributed by atoms with E-state index in [1.807, 2.05) is 0 Å². The van der Waals surface area contributed by atoms with Crippen LogP contribution < -0.4 is 0 Å². The molecule has 4 aliphatic carbocycles. The van der Waals surface area contributed by atoms with E-state index in [0.29, 0.717) is 0 Å². The highest BCUT2D eigenvalue weighted by Gasteiger charge is 2.73. The van der Waals surface area contributed by atoms with Crippen molar-refractivity contribution >= 4 is 0 Å². The van der Waals surface area contributed by atoms with Crippen molar-refractivity contribution in [2.45, 2.75) is 25.0 Å². The molecule has 6 bridgehead atoms. The molecule has 1 heterocycles. The molecule has 1 nitrogen and oxygen atoms in total. The molecule has 1 heteroatoms. The molecule has 1 aliphatic heterocycles. The van der Waals surface area contributed by atoms with Crippen LogP contribution in [-0.4, -0.2) is 12.2 Å². The van der Waals surface area contributed by atoms with Crippen LogP contribution in [0, 0.1) is 23.7 Å². The third-order valence-electron chi connectivity index (χ3n) is 4.16. The van der Waals surface area contributed by atoms with Gasteiger partial charge in [-0.15, -0.1) is 0 Å². The highest BCUT2D eigenvalue weighted by molar-refractivity contribution is 5.20. The van der Waals surface area contributed by atoms with Crippen LogP contribution in [-0.2, 0) is 4.74 Å². The van der Waals surface area contributed by atoms with Gasteiger partial charge in [0.1, 0.15) is 0 Å². The molecule has 5 rings (SSSR count). The molecule has 5 aliphatic rings. The fourth-order valence-electron chi connectivity index (χ4n) is 3.98. The molecule has 0 spiro atoms. The number of hydrogen-bond donors (Lipinski definition) is 0. The van der Waals surface area contributed by atoms with Gasteiger partial charge in [0.05, 0.1) is 12.2 Å². The van der Waals surface area contributed by atoms with E-state index in [0.717, 1.165) is 35.9 Å². The van der Waals surface area contributed by atoms with Crippen LogP contribution in [0.5, 0.6) is 0 Å². The molecule has 0 N–H and O–H groups in total. The van der Waals surface area contributed by atoms with Gasteiger partial charge in [0, 0.05) is 5.92 Å². The first-order valence-electron chi connectivity index (χ1n) is 4.10. The maximum Gasteiger partial charge on any atom is 0.0666 e. The molecule has 0 amide bonds. The minimum absolute atomic E-state index is 0.763. The fraction of sp³-hybridized carbons (Fsp3) is 1.00. The molecule has 48 valence electrons. The highest BCUT2D eigenvalue weighted by Crippen LogP contribution is 2.71. The van der Waals surface area contributed by atoms with Gasteiger partial charge >= 0.3 is 0 Å². The molecule has 4 saturated carbocycles. The zero-order chi connectivity index (χ0) is 5.59. The average Bonchev–Trinajstić information content (AvgIpc) is 2.24. The summed E-state index contributed by atoms with van der Waals surface area (Å²) in [6, 6.07) is 0. The summed E-state index contributed by atoms with van der Waals surface area (Å²) in [6.07, 6.45) is 4.57. The standard InChI is InChI=1S/C8H10O/c1-3-2-5-4(1)7-6(3)8(5)9-7/h3-8H,1-2H2. The van der Waals surface area contributed by atoms with E-state index < -0.39 is 0 Å². The van der Waals surface area contributed by atoms with Crippen molar-refractivity contribution in [2.75, 3.05) is 0 Å². The van der Waals surface area contributed by atoms with Crippen LogP contribution in [0.15, 0.2) is 0 Å². The van der Waals surface area contributed by atoms with Crippen molar-refractivity contribution in [1.82, 2.24) is 0 Å². The van der Waals surface area contributed by atoms with E-state index in [4.69, 9.17) is 4.74 Å². The quantitative estimate of drug-likeness (QED) is 0.466. The summed E-state index contributed by atoms with van der Waals surface area (Å²) in [5, 5.41) is 0. The minimum Gasteiger partial charge on any atom is -0.374 e. The summed E-state index contributed by atoms with van der Waals surface area (Å²) in [4.78, 5) is 0. The second-order valence-corrected chi connectivity index (χ2v) is 4.20. The normalized spacial score (nSPS) is 80.0. The van der Waals surface area contributed by atoms with Gasteiger partial charge in [0.2, 0.25) is 0 Å². The Balaban J connectivity index is 2.04. The SMILES string of the molecule is C1C2CC3C1C1OC3C21. The first-order chi connectivity index (χ1) is 4.45. The summed E-state index contributed by atoms with van der Waals surface area (Å²) in [7, 11) is 0. The van der Waals surface area contributed by atoms with E-state index in [1.165, 1.54) is 12.8 Å². The van der Waals surface area contributed by atoms with Gasteiger partial charge in [-0.3, -0.25) is 0 Å². The van der Waals surface area contributed by atoms with Gasteiger partial charge in [-0.05, 0) is 30.6 Å². The van der Waals surface area contributed by atoms with Crippen LogP contribution in [0.2, 0.25) is 0 Å². The Bertz CT molecular complexity index is 164. The Labute approximate surface area is 54.4 Å². The molecule has 4 atom stereocenters. The van der Waals surface area contributed by atoms with Crippen molar-refractivity contribution in [2.24, 2.45) is 23.7 Å². The van der Waals surface area contributed by atoms with Crippen LogP contribution in [0.3, 0.4) is 0 Å².